The molecule has 0 bridgehead atoms. The number of nitrogens with zero attached hydrogens (tertiary/aromatic N) is 3. The van der Waals surface area contributed by atoms with E-state index in [2.05, 4.69) is 10.00 Å². The van der Waals surface area contributed by atoms with E-state index in [0.717, 1.165) is 35.6 Å². The summed E-state index contributed by atoms with van der Waals surface area (Å²) in [5.41, 5.74) is 2.45. The minimum Gasteiger partial charge on any atom is -0.386 e. The van der Waals surface area contributed by atoms with Gasteiger partial charge in [0.25, 0.3) is 0 Å². The summed E-state index contributed by atoms with van der Waals surface area (Å²) in [5.74, 6) is -0.313. The average molecular weight is 370 g/mol. The van der Waals surface area contributed by atoms with E-state index < -0.39 is 15.9 Å². The van der Waals surface area contributed by atoms with Gasteiger partial charge in [-0.25, -0.2) is 8.42 Å². The van der Waals surface area contributed by atoms with E-state index in [-0.39, 0.29) is 5.75 Å². The number of hydrogen-bond acceptors (Lipinski definition) is 5. The van der Waals surface area contributed by atoms with Crippen molar-refractivity contribution in [3.63, 3.8) is 0 Å². The third-order valence-electron chi connectivity index (χ3n) is 4.05. The van der Waals surface area contributed by atoms with Gasteiger partial charge in [-0.15, -0.1) is 0 Å². The zero-order valence-corrected chi connectivity index (χ0v) is 15.0. The number of sulfone groups is 1. The second-order valence-electron chi connectivity index (χ2n) is 6.19. The topological polar surface area (TPSA) is 75.4 Å². The molecular weight excluding hydrogens is 350 g/mol. The molecule has 0 saturated heterocycles. The van der Waals surface area contributed by atoms with Crippen molar-refractivity contribution in [3.8, 4) is 0 Å². The number of aromatic nitrogens is 2. The van der Waals surface area contributed by atoms with Crippen molar-refractivity contribution < 1.29 is 13.5 Å². The predicted octanol–water partition coefficient (Wildman–Crippen LogP) is 1.63. The fraction of sp³-hybridized carbons (Fsp3) is 0.438. The largest absolute Gasteiger partial charge is 0.386 e. The summed E-state index contributed by atoms with van der Waals surface area (Å²) in [5, 5.41) is 15.2. The number of aliphatic hydroxyl groups excluding tert-OH is 1. The van der Waals surface area contributed by atoms with E-state index in [4.69, 9.17) is 11.6 Å². The number of halogens is 1. The van der Waals surface area contributed by atoms with E-state index in [9.17, 15) is 13.5 Å². The zero-order valence-electron chi connectivity index (χ0n) is 13.4. The Morgan fingerprint density at radius 3 is 2.79 bits per heavy atom. The number of aliphatic hydroxyl groups is 1. The summed E-state index contributed by atoms with van der Waals surface area (Å²) in [7, 11) is -3.25. The molecule has 130 valence electrons. The van der Waals surface area contributed by atoms with Gasteiger partial charge in [0.2, 0.25) is 0 Å². The van der Waals surface area contributed by atoms with Crippen molar-refractivity contribution in [2.75, 3.05) is 18.6 Å². The van der Waals surface area contributed by atoms with Gasteiger partial charge < -0.3 is 5.11 Å². The Morgan fingerprint density at radius 1 is 1.33 bits per heavy atom. The highest BCUT2D eigenvalue weighted by atomic mass is 35.5. The Kier molecular flexibility index (Phi) is 4.96. The molecule has 2 aromatic rings. The highest BCUT2D eigenvalue weighted by Crippen LogP contribution is 2.22. The highest BCUT2D eigenvalue weighted by molar-refractivity contribution is 7.90. The molecule has 2 heterocycles. The van der Waals surface area contributed by atoms with E-state index in [1.165, 1.54) is 0 Å². The van der Waals surface area contributed by atoms with Crippen molar-refractivity contribution >= 4 is 21.4 Å². The first kappa shape index (κ1) is 17.4. The van der Waals surface area contributed by atoms with Gasteiger partial charge in [0.1, 0.15) is 15.9 Å². The Balaban J connectivity index is 1.71. The smallest absolute Gasteiger partial charge is 0.150 e. The van der Waals surface area contributed by atoms with Gasteiger partial charge in [0.05, 0.1) is 23.7 Å². The van der Waals surface area contributed by atoms with Crippen LogP contribution < -0.4 is 0 Å². The van der Waals surface area contributed by atoms with Crippen molar-refractivity contribution in [3.05, 3.63) is 52.3 Å². The number of fused-ring (bicyclic) bond motifs is 1. The van der Waals surface area contributed by atoms with Crippen LogP contribution in [0, 0.1) is 0 Å². The van der Waals surface area contributed by atoms with Crippen LogP contribution in [0.1, 0.15) is 23.1 Å². The van der Waals surface area contributed by atoms with Crippen molar-refractivity contribution in [1.29, 1.82) is 0 Å². The maximum atomic E-state index is 11.3. The minimum atomic E-state index is -3.25. The molecule has 0 fully saturated rings. The van der Waals surface area contributed by atoms with Crippen molar-refractivity contribution in [2.45, 2.75) is 25.7 Å². The fourth-order valence-electron chi connectivity index (χ4n) is 2.88. The molecule has 0 unspecified atom stereocenters. The average Bonchev–Trinajstić information content (AvgIpc) is 2.91. The van der Waals surface area contributed by atoms with Gasteiger partial charge >= 0.3 is 0 Å². The summed E-state index contributed by atoms with van der Waals surface area (Å²) in [6, 6.07) is 9.55. The van der Waals surface area contributed by atoms with Crippen LogP contribution in [-0.4, -0.2) is 46.8 Å². The summed E-state index contributed by atoms with van der Waals surface area (Å²) in [6.45, 7) is 2.95. The van der Waals surface area contributed by atoms with Gasteiger partial charge in [-0.05, 0) is 17.7 Å². The van der Waals surface area contributed by atoms with Crippen LogP contribution in [0.25, 0.3) is 0 Å². The Hall–Kier alpha value is -1.41. The van der Waals surface area contributed by atoms with Crippen LogP contribution in [0.3, 0.4) is 0 Å². The SMILES string of the molecule is CS(=O)(=O)C[C@@H](O)c1cc2n(n1)CCN(Cc1ccccc1Cl)C2. The van der Waals surface area contributed by atoms with Crippen LogP contribution in [0.4, 0.5) is 0 Å². The Bertz CT molecular complexity index is 835. The molecule has 1 atom stereocenters. The molecule has 1 aliphatic rings. The van der Waals surface area contributed by atoms with Gasteiger partial charge in [0.15, 0.2) is 0 Å². The van der Waals surface area contributed by atoms with Gasteiger partial charge in [0, 0.05) is 30.9 Å². The standard InChI is InChI=1S/C16H20ClN3O3S/c1-24(22,23)11-16(21)15-8-13-10-19(6-7-20(13)18-15)9-12-4-2-3-5-14(12)17/h2-5,8,16,21H,6-7,9-11H2,1H3/t16-/m1/s1. The third kappa shape index (κ3) is 4.16. The molecule has 6 nitrogen and oxygen atoms in total. The van der Waals surface area contributed by atoms with E-state index in [1.54, 1.807) is 6.07 Å². The molecule has 0 saturated carbocycles. The van der Waals surface area contributed by atoms with Crippen LogP contribution in [0.15, 0.2) is 30.3 Å². The summed E-state index contributed by atoms with van der Waals surface area (Å²) in [6.07, 6.45) is 0.0208. The maximum Gasteiger partial charge on any atom is 0.150 e. The van der Waals surface area contributed by atoms with E-state index >= 15 is 0 Å². The lowest BCUT2D eigenvalue weighted by molar-refractivity contribution is 0.191. The quantitative estimate of drug-likeness (QED) is 0.867. The molecule has 0 aliphatic carbocycles. The predicted molar refractivity (Wildman–Crippen MR) is 92.5 cm³/mol. The summed E-state index contributed by atoms with van der Waals surface area (Å²) < 4.78 is 24.5. The zero-order chi connectivity index (χ0) is 17.3. The number of rotatable bonds is 5. The molecule has 8 heteroatoms. The van der Waals surface area contributed by atoms with Gasteiger partial charge in [-0.1, -0.05) is 29.8 Å². The Morgan fingerprint density at radius 2 is 2.08 bits per heavy atom. The molecule has 3 rings (SSSR count). The fourth-order valence-corrected chi connectivity index (χ4v) is 3.82. The van der Waals surface area contributed by atoms with E-state index in [0.29, 0.717) is 18.8 Å². The van der Waals surface area contributed by atoms with Crippen molar-refractivity contribution in [1.82, 2.24) is 14.7 Å². The minimum absolute atomic E-state index is 0.313. The number of hydrogen-bond donors (Lipinski definition) is 1. The van der Waals surface area contributed by atoms with E-state index in [1.807, 2.05) is 28.9 Å². The van der Waals surface area contributed by atoms with Gasteiger partial charge in [-0.2, -0.15) is 5.10 Å². The highest BCUT2D eigenvalue weighted by Gasteiger charge is 2.23. The molecular formula is C16H20ClN3O3S. The maximum absolute atomic E-state index is 11.3. The second-order valence-corrected chi connectivity index (χ2v) is 8.79. The monoisotopic (exact) mass is 369 g/mol. The lowest BCUT2D eigenvalue weighted by Crippen LogP contribution is -2.33. The normalized spacial score (nSPS) is 16.8. The molecule has 1 aromatic carbocycles. The van der Waals surface area contributed by atoms with Crippen LogP contribution >= 0.6 is 11.6 Å². The van der Waals surface area contributed by atoms with Crippen LogP contribution in [-0.2, 0) is 29.5 Å². The first-order valence-corrected chi connectivity index (χ1v) is 10.1. The number of benzene rings is 1. The molecule has 0 amide bonds. The molecule has 1 aliphatic heterocycles. The molecule has 1 aromatic heterocycles. The summed E-state index contributed by atoms with van der Waals surface area (Å²) >= 11 is 6.22. The lowest BCUT2D eigenvalue weighted by atomic mass is 10.2. The molecule has 24 heavy (non-hydrogen) atoms. The summed E-state index contributed by atoms with van der Waals surface area (Å²) in [4.78, 5) is 2.25. The first-order chi connectivity index (χ1) is 11.3. The van der Waals surface area contributed by atoms with Crippen LogP contribution in [0.5, 0.6) is 0 Å². The second kappa shape index (κ2) is 6.84. The van der Waals surface area contributed by atoms with Gasteiger partial charge in [-0.3, -0.25) is 9.58 Å². The molecule has 0 spiro atoms. The van der Waals surface area contributed by atoms with Crippen LogP contribution in [0.2, 0.25) is 5.02 Å². The first-order valence-electron chi connectivity index (χ1n) is 7.70. The van der Waals surface area contributed by atoms with Crippen molar-refractivity contribution in [2.24, 2.45) is 0 Å². The lowest BCUT2D eigenvalue weighted by Gasteiger charge is -2.27. The Labute approximate surface area is 146 Å². The molecule has 1 N–H and O–H groups in total. The third-order valence-corrected chi connectivity index (χ3v) is 5.34. The molecule has 0 radical (unpaired) electrons.